The normalized spacial score (nSPS) is 15.6. The largest absolute Gasteiger partial charge is 0.490 e. The molecule has 1 saturated carbocycles. The summed E-state index contributed by atoms with van der Waals surface area (Å²) in [6.45, 7) is 3.08. The monoisotopic (exact) mass is 260 g/mol. The number of nitrogens with one attached hydrogen (secondary N) is 1. The van der Waals surface area contributed by atoms with Crippen LogP contribution in [0.5, 0.6) is 11.5 Å². The van der Waals surface area contributed by atoms with Gasteiger partial charge in [-0.2, -0.15) is 5.26 Å². The highest BCUT2D eigenvalue weighted by molar-refractivity contribution is 5.39. The van der Waals surface area contributed by atoms with Gasteiger partial charge in [-0.3, -0.25) is 5.32 Å². The molecule has 0 bridgehead atoms. The molecule has 0 spiro atoms. The van der Waals surface area contributed by atoms with Gasteiger partial charge >= 0.3 is 0 Å². The maximum Gasteiger partial charge on any atom is 0.161 e. The number of rotatable bonds is 8. The summed E-state index contributed by atoms with van der Waals surface area (Å²) in [6, 6.07) is 10.1. The lowest BCUT2D eigenvalue weighted by Crippen LogP contribution is -2.34. The molecule has 1 aromatic carbocycles. The summed E-state index contributed by atoms with van der Waals surface area (Å²) in [5.41, 5.74) is 0. The van der Waals surface area contributed by atoms with Crippen LogP contribution in [0.25, 0.3) is 0 Å². The molecule has 0 aromatic heterocycles. The van der Waals surface area contributed by atoms with Crippen LogP contribution in [0.1, 0.15) is 26.2 Å². The second kappa shape index (κ2) is 7.01. The number of ether oxygens (including phenoxy) is 2. The topological polar surface area (TPSA) is 54.3 Å². The molecule has 1 unspecified atom stereocenters. The predicted molar refractivity (Wildman–Crippen MR) is 73.3 cm³/mol. The first-order chi connectivity index (χ1) is 9.33. The molecule has 1 aliphatic carbocycles. The first-order valence-electron chi connectivity index (χ1n) is 6.83. The quantitative estimate of drug-likeness (QED) is 0.780. The van der Waals surface area contributed by atoms with E-state index < -0.39 is 0 Å². The van der Waals surface area contributed by atoms with Crippen molar-refractivity contribution >= 4 is 0 Å². The van der Waals surface area contributed by atoms with Crippen LogP contribution in [0.2, 0.25) is 0 Å². The molecule has 4 nitrogen and oxygen atoms in total. The Kier molecular flexibility index (Phi) is 5.05. The van der Waals surface area contributed by atoms with Crippen LogP contribution in [-0.4, -0.2) is 25.3 Å². The molecule has 1 aromatic rings. The fourth-order valence-corrected chi connectivity index (χ4v) is 1.73. The Balaban J connectivity index is 1.88. The summed E-state index contributed by atoms with van der Waals surface area (Å²) >= 11 is 0. The molecule has 102 valence electrons. The summed E-state index contributed by atoms with van der Waals surface area (Å²) in [5, 5.41) is 12.3. The van der Waals surface area contributed by atoms with Crippen molar-refractivity contribution in [1.82, 2.24) is 5.32 Å². The lowest BCUT2D eigenvalue weighted by molar-refractivity contribution is 0.255. The van der Waals surface area contributed by atoms with Gasteiger partial charge in [-0.05, 0) is 31.4 Å². The molecule has 1 aliphatic rings. The summed E-state index contributed by atoms with van der Waals surface area (Å²) in [6.07, 6.45) is 3.28. The average Bonchev–Trinajstić information content (AvgIpc) is 3.26. The summed E-state index contributed by atoms with van der Waals surface area (Å²) in [4.78, 5) is 0. The van der Waals surface area contributed by atoms with Gasteiger partial charge in [0.25, 0.3) is 0 Å². The van der Waals surface area contributed by atoms with Crippen molar-refractivity contribution in [3.63, 3.8) is 0 Å². The molecule has 0 saturated heterocycles. The molecule has 19 heavy (non-hydrogen) atoms. The van der Waals surface area contributed by atoms with E-state index >= 15 is 0 Å². The molecule has 4 heteroatoms. The van der Waals surface area contributed by atoms with Crippen molar-refractivity contribution in [2.24, 2.45) is 0 Å². The summed E-state index contributed by atoms with van der Waals surface area (Å²) < 4.78 is 11.3. The van der Waals surface area contributed by atoms with Crippen molar-refractivity contribution in [2.45, 2.75) is 38.3 Å². The zero-order chi connectivity index (χ0) is 13.5. The van der Waals surface area contributed by atoms with Crippen molar-refractivity contribution in [3.8, 4) is 17.6 Å². The van der Waals surface area contributed by atoms with Crippen LogP contribution in [0.3, 0.4) is 0 Å². The molecule has 2 rings (SSSR count). The smallest absolute Gasteiger partial charge is 0.161 e. The van der Waals surface area contributed by atoms with Crippen LogP contribution in [0.4, 0.5) is 0 Å². The molecule has 0 heterocycles. The lowest BCUT2D eigenvalue weighted by Gasteiger charge is -2.15. The Morgan fingerprint density at radius 3 is 2.58 bits per heavy atom. The van der Waals surface area contributed by atoms with Gasteiger partial charge < -0.3 is 9.47 Å². The van der Waals surface area contributed by atoms with Crippen LogP contribution >= 0.6 is 0 Å². The second-order valence-electron chi connectivity index (χ2n) is 4.73. The van der Waals surface area contributed by atoms with E-state index in [4.69, 9.17) is 14.7 Å². The number of nitrogens with zero attached hydrogens (tertiary/aromatic N) is 1. The highest BCUT2D eigenvalue weighted by atomic mass is 16.5. The minimum absolute atomic E-state index is 0.258. The zero-order valence-electron chi connectivity index (χ0n) is 11.3. The van der Waals surface area contributed by atoms with Crippen molar-refractivity contribution in [1.29, 1.82) is 5.26 Å². The second-order valence-corrected chi connectivity index (χ2v) is 4.73. The van der Waals surface area contributed by atoms with Crippen molar-refractivity contribution < 1.29 is 9.47 Å². The van der Waals surface area contributed by atoms with E-state index in [1.54, 1.807) is 0 Å². The Bertz CT molecular complexity index is 438. The fourth-order valence-electron chi connectivity index (χ4n) is 1.73. The Labute approximate surface area is 114 Å². The van der Waals surface area contributed by atoms with Crippen molar-refractivity contribution in [3.05, 3.63) is 24.3 Å². The first-order valence-corrected chi connectivity index (χ1v) is 6.83. The Hall–Kier alpha value is -1.73. The number of benzene rings is 1. The molecular formula is C15H20N2O2. The predicted octanol–water partition coefficient (Wildman–Crippen LogP) is 2.50. The molecule has 0 aliphatic heterocycles. The molecule has 0 amide bonds. The summed E-state index contributed by atoms with van der Waals surface area (Å²) in [7, 11) is 0. The third kappa shape index (κ3) is 4.46. The average molecular weight is 260 g/mol. The number of hydrogen-bond acceptors (Lipinski definition) is 4. The third-order valence-electron chi connectivity index (χ3n) is 2.89. The molecule has 1 N–H and O–H groups in total. The van der Waals surface area contributed by atoms with Gasteiger partial charge in [-0.25, -0.2) is 0 Å². The minimum Gasteiger partial charge on any atom is -0.490 e. The number of hydrogen-bond donors (Lipinski definition) is 1. The van der Waals surface area contributed by atoms with E-state index in [0.717, 1.165) is 25.0 Å². The minimum atomic E-state index is -0.258. The maximum absolute atomic E-state index is 9.07. The van der Waals surface area contributed by atoms with Gasteiger partial charge in [0.1, 0.15) is 12.6 Å². The fraction of sp³-hybridized carbons (Fsp3) is 0.533. The van der Waals surface area contributed by atoms with Crippen LogP contribution in [0.15, 0.2) is 24.3 Å². The number of nitriles is 1. The van der Waals surface area contributed by atoms with E-state index in [0.29, 0.717) is 25.0 Å². The highest BCUT2D eigenvalue weighted by Gasteiger charge is 2.24. The zero-order valence-corrected chi connectivity index (χ0v) is 11.3. The molecule has 0 radical (unpaired) electrons. The molecule has 1 fully saturated rings. The van der Waals surface area contributed by atoms with E-state index in [1.807, 2.05) is 24.3 Å². The molecule has 1 atom stereocenters. The SMILES string of the molecule is CCCOc1ccccc1OCC(C#N)NC1CC1. The first kappa shape index (κ1) is 13.7. The van der Waals surface area contributed by atoms with Crippen molar-refractivity contribution in [2.75, 3.05) is 13.2 Å². The van der Waals surface area contributed by atoms with E-state index in [1.165, 1.54) is 0 Å². The lowest BCUT2D eigenvalue weighted by atomic mass is 10.3. The van der Waals surface area contributed by atoms with Gasteiger partial charge in [0.2, 0.25) is 0 Å². The van der Waals surface area contributed by atoms with E-state index in [9.17, 15) is 0 Å². The van der Waals surface area contributed by atoms with E-state index in [-0.39, 0.29) is 6.04 Å². The summed E-state index contributed by atoms with van der Waals surface area (Å²) in [5.74, 6) is 1.45. The van der Waals surface area contributed by atoms with Gasteiger partial charge in [0, 0.05) is 6.04 Å². The molecular weight excluding hydrogens is 240 g/mol. The Morgan fingerprint density at radius 2 is 2.00 bits per heavy atom. The van der Waals surface area contributed by atoms with Gasteiger partial charge in [0.05, 0.1) is 12.7 Å². The standard InChI is InChI=1S/C15H20N2O2/c1-2-9-18-14-5-3-4-6-15(14)19-11-13(10-16)17-12-7-8-12/h3-6,12-13,17H,2,7-9,11H2,1H3. The number of para-hydroxylation sites is 2. The van der Waals surface area contributed by atoms with E-state index in [2.05, 4.69) is 18.3 Å². The van der Waals surface area contributed by atoms with Gasteiger partial charge in [-0.15, -0.1) is 0 Å². The Morgan fingerprint density at radius 1 is 1.32 bits per heavy atom. The highest BCUT2D eigenvalue weighted by Crippen LogP contribution is 2.27. The van der Waals surface area contributed by atoms with Gasteiger partial charge in [-0.1, -0.05) is 19.1 Å². The van der Waals surface area contributed by atoms with Gasteiger partial charge in [0.15, 0.2) is 11.5 Å². The maximum atomic E-state index is 9.07. The van der Waals surface area contributed by atoms with Crippen LogP contribution in [0, 0.1) is 11.3 Å². The van der Waals surface area contributed by atoms with Crippen LogP contribution in [-0.2, 0) is 0 Å². The van der Waals surface area contributed by atoms with Crippen LogP contribution < -0.4 is 14.8 Å². The third-order valence-corrected chi connectivity index (χ3v) is 2.89.